The van der Waals surface area contributed by atoms with Crippen LogP contribution < -0.4 is 5.32 Å². The Kier molecular flexibility index (Phi) is 5.05. The van der Waals surface area contributed by atoms with Gasteiger partial charge < -0.3 is 15.5 Å². The van der Waals surface area contributed by atoms with Crippen molar-refractivity contribution in [3.63, 3.8) is 0 Å². The van der Waals surface area contributed by atoms with Crippen LogP contribution in [-0.4, -0.2) is 34.5 Å². The molecule has 2 aliphatic rings. The Labute approximate surface area is 111 Å². The van der Waals surface area contributed by atoms with Gasteiger partial charge in [-0.1, -0.05) is 39.0 Å². The molecular formula is C15H29NO2. The van der Waals surface area contributed by atoms with E-state index < -0.39 is 5.60 Å². The Morgan fingerprint density at radius 1 is 1.11 bits per heavy atom. The van der Waals surface area contributed by atoms with Gasteiger partial charge in [0.25, 0.3) is 0 Å². The largest absolute Gasteiger partial charge is 0.392 e. The lowest BCUT2D eigenvalue weighted by Gasteiger charge is -2.37. The molecule has 18 heavy (non-hydrogen) atoms. The van der Waals surface area contributed by atoms with Crippen LogP contribution in [0, 0.1) is 5.92 Å². The van der Waals surface area contributed by atoms with Crippen LogP contribution in [0.15, 0.2) is 0 Å². The highest BCUT2D eigenvalue weighted by Gasteiger charge is 2.33. The Hall–Kier alpha value is -0.120. The van der Waals surface area contributed by atoms with Gasteiger partial charge in [-0.25, -0.2) is 0 Å². The van der Waals surface area contributed by atoms with Gasteiger partial charge in [0.05, 0.1) is 11.7 Å². The third-order valence-corrected chi connectivity index (χ3v) is 4.74. The fourth-order valence-electron chi connectivity index (χ4n) is 3.64. The average molecular weight is 255 g/mol. The van der Waals surface area contributed by atoms with Crippen molar-refractivity contribution < 1.29 is 10.2 Å². The number of aliphatic hydroxyl groups is 2. The molecule has 4 unspecified atom stereocenters. The predicted octanol–water partition coefficient (Wildman–Crippen LogP) is 2.21. The van der Waals surface area contributed by atoms with Gasteiger partial charge in [0.1, 0.15) is 0 Å². The Morgan fingerprint density at radius 2 is 1.89 bits per heavy atom. The van der Waals surface area contributed by atoms with Crippen molar-refractivity contribution in [3.05, 3.63) is 0 Å². The van der Waals surface area contributed by atoms with Crippen LogP contribution in [0.2, 0.25) is 0 Å². The lowest BCUT2D eigenvalue weighted by Crippen LogP contribution is -2.50. The number of rotatable bonds is 3. The molecule has 0 radical (unpaired) electrons. The van der Waals surface area contributed by atoms with E-state index in [2.05, 4.69) is 12.2 Å². The average Bonchev–Trinajstić information content (AvgIpc) is 2.51. The molecule has 0 saturated heterocycles. The van der Waals surface area contributed by atoms with E-state index in [1.54, 1.807) is 0 Å². The van der Waals surface area contributed by atoms with Gasteiger partial charge in [0.2, 0.25) is 0 Å². The molecule has 0 aromatic heterocycles. The van der Waals surface area contributed by atoms with Gasteiger partial charge in [-0.2, -0.15) is 0 Å². The van der Waals surface area contributed by atoms with Crippen molar-refractivity contribution in [2.75, 3.05) is 6.54 Å². The van der Waals surface area contributed by atoms with E-state index in [-0.39, 0.29) is 12.1 Å². The topological polar surface area (TPSA) is 52.5 Å². The summed E-state index contributed by atoms with van der Waals surface area (Å²) < 4.78 is 0. The molecular weight excluding hydrogens is 226 g/mol. The van der Waals surface area contributed by atoms with Crippen molar-refractivity contribution >= 4 is 0 Å². The third-order valence-electron chi connectivity index (χ3n) is 4.74. The van der Waals surface area contributed by atoms with Crippen LogP contribution in [0.25, 0.3) is 0 Å². The van der Waals surface area contributed by atoms with E-state index in [1.165, 1.54) is 19.3 Å². The van der Waals surface area contributed by atoms with E-state index in [4.69, 9.17) is 0 Å². The molecule has 2 rings (SSSR count). The quantitative estimate of drug-likeness (QED) is 0.678. The maximum atomic E-state index is 10.6. The Bertz CT molecular complexity index is 259. The zero-order chi connectivity index (χ0) is 13.0. The molecule has 0 aromatic rings. The minimum atomic E-state index is -0.538. The van der Waals surface area contributed by atoms with E-state index in [9.17, 15) is 10.2 Å². The maximum absolute atomic E-state index is 10.6. The van der Waals surface area contributed by atoms with Gasteiger partial charge in [0, 0.05) is 12.6 Å². The first-order valence-corrected chi connectivity index (χ1v) is 7.73. The van der Waals surface area contributed by atoms with E-state index in [0.29, 0.717) is 12.5 Å². The standard InChI is InChI=1S/C15H29NO2/c1-12-6-5-9-15(18,10-12)11-16-13-7-3-2-4-8-14(13)17/h12-14,16-18H,2-11H2,1H3. The van der Waals surface area contributed by atoms with Crippen molar-refractivity contribution in [1.29, 1.82) is 0 Å². The lowest BCUT2D eigenvalue weighted by molar-refractivity contribution is -0.0182. The molecule has 2 saturated carbocycles. The first-order valence-electron chi connectivity index (χ1n) is 7.73. The first kappa shape index (κ1) is 14.3. The molecule has 2 fully saturated rings. The van der Waals surface area contributed by atoms with Crippen molar-refractivity contribution in [1.82, 2.24) is 5.32 Å². The second-order valence-electron chi connectivity index (χ2n) is 6.62. The summed E-state index contributed by atoms with van der Waals surface area (Å²) in [5, 5.41) is 24.1. The Morgan fingerprint density at radius 3 is 2.67 bits per heavy atom. The zero-order valence-corrected chi connectivity index (χ0v) is 11.7. The summed E-state index contributed by atoms with van der Waals surface area (Å²) in [6.45, 7) is 2.88. The lowest BCUT2D eigenvalue weighted by atomic mass is 9.79. The summed E-state index contributed by atoms with van der Waals surface area (Å²) in [6.07, 6.45) is 9.49. The molecule has 0 aliphatic heterocycles. The number of aliphatic hydroxyl groups excluding tert-OH is 1. The van der Waals surface area contributed by atoms with Gasteiger partial charge in [-0.3, -0.25) is 0 Å². The summed E-state index contributed by atoms with van der Waals surface area (Å²) in [5.74, 6) is 0.629. The fourth-order valence-corrected chi connectivity index (χ4v) is 3.64. The predicted molar refractivity (Wildman–Crippen MR) is 73.5 cm³/mol. The molecule has 3 heteroatoms. The van der Waals surface area contributed by atoms with Crippen LogP contribution in [0.4, 0.5) is 0 Å². The van der Waals surface area contributed by atoms with Gasteiger partial charge in [-0.05, 0) is 31.6 Å². The van der Waals surface area contributed by atoms with Crippen LogP contribution in [0.1, 0.15) is 64.7 Å². The maximum Gasteiger partial charge on any atom is 0.0774 e. The van der Waals surface area contributed by atoms with Gasteiger partial charge in [0.15, 0.2) is 0 Å². The first-order chi connectivity index (χ1) is 8.59. The molecule has 2 aliphatic carbocycles. The molecule has 3 N–H and O–H groups in total. The fraction of sp³-hybridized carbons (Fsp3) is 1.00. The summed E-state index contributed by atoms with van der Waals surface area (Å²) >= 11 is 0. The Balaban J connectivity index is 1.81. The minimum Gasteiger partial charge on any atom is -0.392 e. The van der Waals surface area contributed by atoms with Gasteiger partial charge in [-0.15, -0.1) is 0 Å². The van der Waals surface area contributed by atoms with E-state index in [1.807, 2.05) is 0 Å². The molecule has 106 valence electrons. The molecule has 0 amide bonds. The monoisotopic (exact) mass is 255 g/mol. The van der Waals surface area contributed by atoms with Crippen LogP contribution in [0.3, 0.4) is 0 Å². The molecule has 0 heterocycles. The second-order valence-corrected chi connectivity index (χ2v) is 6.62. The normalized spacial score (nSPS) is 42.5. The molecule has 0 bridgehead atoms. The van der Waals surface area contributed by atoms with E-state index >= 15 is 0 Å². The SMILES string of the molecule is CC1CCCC(O)(CNC2CCCCCC2O)C1. The third kappa shape index (κ3) is 3.94. The molecule has 0 aromatic carbocycles. The summed E-state index contributed by atoms with van der Waals surface area (Å²) in [5.41, 5.74) is -0.538. The molecule has 4 atom stereocenters. The second kappa shape index (κ2) is 6.36. The molecule has 0 spiro atoms. The highest BCUT2D eigenvalue weighted by molar-refractivity contribution is 4.89. The van der Waals surface area contributed by atoms with Crippen LogP contribution in [-0.2, 0) is 0 Å². The highest BCUT2D eigenvalue weighted by Crippen LogP contribution is 2.32. The summed E-state index contributed by atoms with van der Waals surface area (Å²) in [7, 11) is 0. The van der Waals surface area contributed by atoms with E-state index in [0.717, 1.165) is 38.5 Å². The van der Waals surface area contributed by atoms with Crippen molar-refractivity contribution in [2.24, 2.45) is 5.92 Å². The summed E-state index contributed by atoms with van der Waals surface area (Å²) in [6, 6.07) is 0.189. The van der Waals surface area contributed by atoms with Crippen molar-refractivity contribution in [2.45, 2.75) is 82.5 Å². The van der Waals surface area contributed by atoms with Crippen LogP contribution >= 0.6 is 0 Å². The zero-order valence-electron chi connectivity index (χ0n) is 11.7. The van der Waals surface area contributed by atoms with Crippen LogP contribution in [0.5, 0.6) is 0 Å². The highest BCUT2D eigenvalue weighted by atomic mass is 16.3. The number of hydrogen-bond acceptors (Lipinski definition) is 3. The minimum absolute atomic E-state index is 0.189. The van der Waals surface area contributed by atoms with Gasteiger partial charge >= 0.3 is 0 Å². The molecule has 3 nitrogen and oxygen atoms in total. The van der Waals surface area contributed by atoms with Crippen molar-refractivity contribution in [3.8, 4) is 0 Å². The number of nitrogens with one attached hydrogen (secondary N) is 1. The summed E-state index contributed by atoms with van der Waals surface area (Å²) in [4.78, 5) is 0. The number of hydrogen-bond donors (Lipinski definition) is 3. The smallest absolute Gasteiger partial charge is 0.0774 e.